The molecule has 0 saturated heterocycles. The fourth-order valence-corrected chi connectivity index (χ4v) is 1.30. The van der Waals surface area contributed by atoms with Crippen LogP contribution < -0.4 is 11.2 Å². The predicted molar refractivity (Wildman–Crippen MR) is 53.7 cm³/mol. The number of carboxylic acid groups (broad SMARTS) is 1. The first-order valence-electron chi connectivity index (χ1n) is 4.11. The van der Waals surface area contributed by atoms with E-state index in [-0.39, 0.29) is 22.4 Å². The van der Waals surface area contributed by atoms with Crippen molar-refractivity contribution in [1.82, 2.24) is 9.97 Å². The molecule has 0 bridgehead atoms. The summed E-state index contributed by atoms with van der Waals surface area (Å²) in [4.78, 5) is 28.7. The molecule has 6 heteroatoms. The van der Waals surface area contributed by atoms with Crippen LogP contribution in [0.3, 0.4) is 0 Å². The van der Waals surface area contributed by atoms with Crippen molar-refractivity contribution in [2.24, 2.45) is 0 Å². The van der Waals surface area contributed by atoms with Gasteiger partial charge in [-0.15, -0.1) is 0 Å². The van der Waals surface area contributed by atoms with Gasteiger partial charge in [-0.2, -0.15) is 0 Å². The molecule has 2 heterocycles. The summed E-state index contributed by atoms with van der Waals surface area (Å²) in [5.74, 6) is -1.28. The highest BCUT2D eigenvalue weighted by Gasteiger charge is 2.14. The molecule has 0 aliphatic rings. The number of carbonyl (C=O) groups is 1. The SMILES string of the molecule is Nc1c(C(=O)O)[nH]c2ncccc2c1=O. The summed E-state index contributed by atoms with van der Waals surface area (Å²) in [6.07, 6.45) is 1.46. The molecule has 2 aromatic heterocycles. The van der Waals surface area contributed by atoms with Gasteiger partial charge in [-0.3, -0.25) is 4.79 Å². The zero-order valence-electron chi connectivity index (χ0n) is 7.52. The number of nitrogen functional groups attached to an aromatic ring is 1. The summed E-state index contributed by atoms with van der Waals surface area (Å²) in [5, 5.41) is 9.05. The summed E-state index contributed by atoms with van der Waals surface area (Å²) in [5.41, 5.74) is 4.46. The Morgan fingerprint density at radius 3 is 2.93 bits per heavy atom. The van der Waals surface area contributed by atoms with Crippen LogP contribution >= 0.6 is 0 Å². The molecular formula is C9H7N3O3. The van der Waals surface area contributed by atoms with E-state index < -0.39 is 11.4 Å². The lowest BCUT2D eigenvalue weighted by Crippen LogP contribution is -2.17. The van der Waals surface area contributed by atoms with E-state index in [1.165, 1.54) is 12.3 Å². The van der Waals surface area contributed by atoms with Gasteiger partial charge < -0.3 is 15.8 Å². The molecule has 0 spiro atoms. The Morgan fingerprint density at radius 1 is 1.53 bits per heavy atom. The van der Waals surface area contributed by atoms with Crippen LogP contribution in [-0.4, -0.2) is 21.0 Å². The lowest BCUT2D eigenvalue weighted by Gasteiger charge is -2.02. The van der Waals surface area contributed by atoms with Crippen LogP contribution in [0.4, 0.5) is 5.69 Å². The Bertz CT molecular complexity index is 603. The fraction of sp³-hybridized carbons (Fsp3) is 0. The standard InChI is InChI=1S/C9H7N3O3/c10-5-6(9(14)15)12-8-4(7(5)13)2-1-3-11-8/h1-3H,10H2,(H,14,15)(H,11,12,13). The second-order valence-corrected chi connectivity index (χ2v) is 2.95. The molecule has 0 atom stereocenters. The van der Waals surface area contributed by atoms with Gasteiger partial charge in [0.1, 0.15) is 11.3 Å². The smallest absolute Gasteiger partial charge is 0.354 e. The largest absolute Gasteiger partial charge is 0.477 e. The van der Waals surface area contributed by atoms with E-state index in [4.69, 9.17) is 10.8 Å². The molecule has 0 amide bonds. The van der Waals surface area contributed by atoms with Crippen molar-refractivity contribution < 1.29 is 9.90 Å². The predicted octanol–water partition coefficient (Wildman–Crippen LogP) is 0.204. The molecule has 2 aromatic rings. The highest BCUT2D eigenvalue weighted by molar-refractivity contribution is 5.95. The average molecular weight is 205 g/mol. The summed E-state index contributed by atoms with van der Waals surface area (Å²) in [6, 6.07) is 3.11. The minimum atomic E-state index is -1.28. The third-order valence-electron chi connectivity index (χ3n) is 2.02. The van der Waals surface area contributed by atoms with Crippen LogP contribution in [-0.2, 0) is 0 Å². The number of nitrogens with two attached hydrogens (primary N) is 1. The Balaban J connectivity index is 2.95. The van der Waals surface area contributed by atoms with Crippen molar-refractivity contribution in [3.63, 3.8) is 0 Å². The third kappa shape index (κ3) is 1.32. The second-order valence-electron chi connectivity index (χ2n) is 2.95. The maximum absolute atomic E-state index is 11.6. The van der Waals surface area contributed by atoms with Gasteiger partial charge in [0.2, 0.25) is 5.43 Å². The minimum absolute atomic E-state index is 0.217. The van der Waals surface area contributed by atoms with Gasteiger partial charge in [0.15, 0.2) is 5.69 Å². The number of aromatic amines is 1. The van der Waals surface area contributed by atoms with Crippen LogP contribution in [0.5, 0.6) is 0 Å². The van der Waals surface area contributed by atoms with Gasteiger partial charge >= 0.3 is 5.97 Å². The van der Waals surface area contributed by atoms with Crippen LogP contribution in [0, 0.1) is 0 Å². The molecule has 4 N–H and O–H groups in total. The quantitative estimate of drug-likeness (QED) is 0.616. The van der Waals surface area contributed by atoms with E-state index in [1.807, 2.05) is 0 Å². The van der Waals surface area contributed by atoms with Crippen molar-refractivity contribution in [2.45, 2.75) is 0 Å². The number of nitrogens with zero attached hydrogens (tertiary/aromatic N) is 1. The van der Waals surface area contributed by atoms with Gasteiger partial charge in [-0.1, -0.05) is 0 Å². The van der Waals surface area contributed by atoms with Crippen molar-refractivity contribution in [3.8, 4) is 0 Å². The van der Waals surface area contributed by atoms with Gasteiger partial charge in [0.05, 0.1) is 5.39 Å². The highest BCUT2D eigenvalue weighted by Crippen LogP contribution is 2.10. The Labute approximate surface area is 83.4 Å². The number of hydrogen-bond donors (Lipinski definition) is 3. The van der Waals surface area contributed by atoms with Gasteiger partial charge in [0, 0.05) is 6.20 Å². The minimum Gasteiger partial charge on any atom is -0.477 e. The monoisotopic (exact) mass is 205 g/mol. The number of carboxylic acids is 1. The van der Waals surface area contributed by atoms with Crippen molar-refractivity contribution >= 4 is 22.7 Å². The molecule has 2 rings (SSSR count). The molecule has 76 valence electrons. The number of rotatable bonds is 1. The van der Waals surface area contributed by atoms with E-state index in [2.05, 4.69) is 9.97 Å². The summed E-state index contributed by atoms with van der Waals surface area (Å²) in [6.45, 7) is 0. The van der Waals surface area contributed by atoms with E-state index in [0.717, 1.165) is 0 Å². The molecule has 6 nitrogen and oxygen atoms in total. The van der Waals surface area contributed by atoms with Gasteiger partial charge in [-0.25, -0.2) is 9.78 Å². The van der Waals surface area contributed by atoms with Gasteiger partial charge in [0.25, 0.3) is 0 Å². The van der Waals surface area contributed by atoms with E-state index in [1.54, 1.807) is 6.07 Å². The first-order valence-corrected chi connectivity index (χ1v) is 4.11. The number of H-pyrrole nitrogens is 1. The number of anilines is 1. The first kappa shape index (κ1) is 9.20. The third-order valence-corrected chi connectivity index (χ3v) is 2.02. The number of hydrogen-bond acceptors (Lipinski definition) is 4. The molecule has 0 aromatic carbocycles. The number of pyridine rings is 2. The van der Waals surface area contributed by atoms with E-state index >= 15 is 0 Å². The van der Waals surface area contributed by atoms with Crippen LogP contribution in [0.25, 0.3) is 11.0 Å². The maximum atomic E-state index is 11.6. The highest BCUT2D eigenvalue weighted by atomic mass is 16.4. The van der Waals surface area contributed by atoms with Crippen molar-refractivity contribution in [2.75, 3.05) is 5.73 Å². The van der Waals surface area contributed by atoms with E-state index in [9.17, 15) is 9.59 Å². The van der Waals surface area contributed by atoms with Gasteiger partial charge in [-0.05, 0) is 12.1 Å². The average Bonchev–Trinajstić information content (AvgIpc) is 2.23. The Morgan fingerprint density at radius 2 is 2.27 bits per heavy atom. The molecule has 0 fully saturated rings. The second kappa shape index (κ2) is 3.09. The summed E-state index contributed by atoms with van der Waals surface area (Å²) < 4.78 is 0. The number of aromatic carboxylic acids is 1. The molecular weight excluding hydrogens is 198 g/mol. The van der Waals surface area contributed by atoms with Crippen LogP contribution in [0.15, 0.2) is 23.1 Å². The molecule has 15 heavy (non-hydrogen) atoms. The van der Waals surface area contributed by atoms with Crippen LogP contribution in [0.2, 0.25) is 0 Å². The molecule has 0 unspecified atom stereocenters. The first-order chi connectivity index (χ1) is 7.11. The molecule has 0 radical (unpaired) electrons. The Hall–Kier alpha value is -2.37. The topological polar surface area (TPSA) is 109 Å². The molecule has 0 aliphatic heterocycles. The van der Waals surface area contributed by atoms with Crippen LogP contribution in [0.1, 0.15) is 10.5 Å². The Kier molecular flexibility index (Phi) is 1.89. The number of nitrogens with one attached hydrogen (secondary N) is 1. The van der Waals surface area contributed by atoms with Crippen molar-refractivity contribution in [3.05, 3.63) is 34.2 Å². The fourth-order valence-electron chi connectivity index (χ4n) is 1.30. The number of aromatic nitrogens is 2. The summed E-state index contributed by atoms with van der Waals surface area (Å²) in [7, 11) is 0. The zero-order chi connectivity index (χ0) is 11.0. The normalized spacial score (nSPS) is 10.4. The lowest BCUT2D eigenvalue weighted by molar-refractivity contribution is 0.0692. The number of fused-ring (bicyclic) bond motifs is 1. The lowest BCUT2D eigenvalue weighted by atomic mass is 10.2. The molecule has 0 saturated carbocycles. The molecule has 0 aliphatic carbocycles. The maximum Gasteiger partial charge on any atom is 0.354 e. The van der Waals surface area contributed by atoms with E-state index in [0.29, 0.717) is 0 Å². The zero-order valence-corrected chi connectivity index (χ0v) is 7.52. The van der Waals surface area contributed by atoms with Crippen molar-refractivity contribution in [1.29, 1.82) is 0 Å². The summed E-state index contributed by atoms with van der Waals surface area (Å²) >= 11 is 0.